The molecular formula is C18H19NO4. The average molecular weight is 313 g/mol. The highest BCUT2D eigenvalue weighted by Crippen LogP contribution is 2.42. The van der Waals surface area contributed by atoms with Crippen LogP contribution < -0.4 is 5.73 Å². The maximum Gasteiger partial charge on any atom is 0.324 e. The van der Waals surface area contributed by atoms with Crippen molar-refractivity contribution in [3.05, 3.63) is 48.0 Å². The fraction of sp³-hybridized carbons (Fsp3) is 0.333. The van der Waals surface area contributed by atoms with Crippen molar-refractivity contribution in [3.63, 3.8) is 0 Å². The number of aliphatic carboxylic acids is 2. The van der Waals surface area contributed by atoms with Crippen LogP contribution in [0.5, 0.6) is 0 Å². The zero-order valence-corrected chi connectivity index (χ0v) is 12.6. The number of carboxylic acid groups (broad SMARTS) is 2. The molecule has 5 nitrogen and oxygen atoms in total. The highest BCUT2D eigenvalue weighted by atomic mass is 16.4. The molecule has 1 fully saturated rings. The summed E-state index contributed by atoms with van der Waals surface area (Å²) in [5.41, 5.74) is 5.69. The normalized spacial score (nSPS) is 23.0. The van der Waals surface area contributed by atoms with E-state index in [9.17, 15) is 14.7 Å². The minimum atomic E-state index is -1.43. The molecule has 1 aliphatic carbocycles. The highest BCUT2D eigenvalue weighted by Gasteiger charge is 2.50. The molecular weight excluding hydrogens is 294 g/mol. The van der Waals surface area contributed by atoms with Gasteiger partial charge in [-0.15, -0.1) is 0 Å². The summed E-state index contributed by atoms with van der Waals surface area (Å²) in [7, 11) is 0. The summed E-state index contributed by atoms with van der Waals surface area (Å²) in [4.78, 5) is 22.8. The summed E-state index contributed by atoms with van der Waals surface area (Å²) in [6.45, 7) is 0. The van der Waals surface area contributed by atoms with Crippen LogP contribution in [0.25, 0.3) is 10.8 Å². The lowest BCUT2D eigenvalue weighted by molar-refractivity contribution is -0.155. The lowest BCUT2D eigenvalue weighted by Crippen LogP contribution is -2.60. The molecule has 0 aromatic heterocycles. The van der Waals surface area contributed by atoms with Crippen molar-refractivity contribution in [1.29, 1.82) is 0 Å². The van der Waals surface area contributed by atoms with E-state index in [0.29, 0.717) is 12.8 Å². The molecule has 0 radical (unpaired) electrons. The van der Waals surface area contributed by atoms with E-state index in [0.717, 1.165) is 16.3 Å². The van der Waals surface area contributed by atoms with E-state index in [4.69, 9.17) is 10.8 Å². The molecule has 1 aliphatic rings. The summed E-state index contributed by atoms with van der Waals surface area (Å²) in [5, 5.41) is 20.7. The van der Waals surface area contributed by atoms with E-state index in [-0.39, 0.29) is 12.3 Å². The number of nitrogens with two attached hydrogens (primary N) is 1. The first-order chi connectivity index (χ1) is 10.9. The number of benzene rings is 2. The zero-order valence-electron chi connectivity index (χ0n) is 12.6. The van der Waals surface area contributed by atoms with Crippen molar-refractivity contribution >= 4 is 22.7 Å². The third-order valence-electron chi connectivity index (χ3n) is 4.98. The highest BCUT2D eigenvalue weighted by molar-refractivity contribution is 5.87. The van der Waals surface area contributed by atoms with Crippen LogP contribution in [-0.4, -0.2) is 27.7 Å². The number of hydrogen-bond donors (Lipinski definition) is 3. The summed E-state index contributed by atoms with van der Waals surface area (Å²) >= 11 is 0. The van der Waals surface area contributed by atoms with Gasteiger partial charge in [0.05, 0.1) is 5.92 Å². The Morgan fingerprint density at radius 3 is 2.39 bits per heavy atom. The molecule has 120 valence electrons. The van der Waals surface area contributed by atoms with E-state index in [1.165, 1.54) is 0 Å². The van der Waals surface area contributed by atoms with Crippen LogP contribution in [0.3, 0.4) is 0 Å². The Morgan fingerprint density at radius 1 is 1.09 bits per heavy atom. The molecule has 1 unspecified atom stereocenters. The molecule has 5 heteroatoms. The van der Waals surface area contributed by atoms with E-state index in [1.54, 1.807) is 0 Å². The van der Waals surface area contributed by atoms with Gasteiger partial charge in [-0.05, 0) is 35.1 Å². The van der Waals surface area contributed by atoms with Gasteiger partial charge < -0.3 is 15.9 Å². The Kier molecular flexibility index (Phi) is 3.82. The second kappa shape index (κ2) is 5.66. The summed E-state index contributed by atoms with van der Waals surface area (Å²) in [6.07, 6.45) is 0.840. The van der Waals surface area contributed by atoms with Crippen LogP contribution in [0.15, 0.2) is 42.5 Å². The van der Waals surface area contributed by atoms with E-state index in [1.807, 2.05) is 42.5 Å². The first-order valence-electron chi connectivity index (χ1n) is 7.63. The Labute approximate surface area is 133 Å². The van der Waals surface area contributed by atoms with Gasteiger partial charge in [-0.2, -0.15) is 0 Å². The Morgan fingerprint density at radius 2 is 1.74 bits per heavy atom. The molecule has 0 aliphatic heterocycles. The first kappa shape index (κ1) is 15.5. The van der Waals surface area contributed by atoms with E-state index in [2.05, 4.69) is 0 Å². The van der Waals surface area contributed by atoms with Gasteiger partial charge in [-0.25, -0.2) is 0 Å². The fourth-order valence-corrected chi connectivity index (χ4v) is 3.40. The lowest BCUT2D eigenvalue weighted by Gasteiger charge is -2.43. The number of fused-ring (bicyclic) bond motifs is 1. The first-order valence-corrected chi connectivity index (χ1v) is 7.63. The summed E-state index contributed by atoms with van der Waals surface area (Å²) < 4.78 is 0. The van der Waals surface area contributed by atoms with Gasteiger partial charge in [0.15, 0.2) is 0 Å². The van der Waals surface area contributed by atoms with Gasteiger partial charge in [0, 0.05) is 6.42 Å². The van der Waals surface area contributed by atoms with Crippen LogP contribution in [0, 0.1) is 11.8 Å². The van der Waals surface area contributed by atoms with Crippen molar-refractivity contribution in [2.24, 2.45) is 17.6 Å². The molecule has 0 saturated heterocycles. The van der Waals surface area contributed by atoms with Gasteiger partial charge in [0.1, 0.15) is 5.54 Å². The van der Waals surface area contributed by atoms with Gasteiger partial charge >= 0.3 is 11.9 Å². The predicted octanol–water partition coefficient (Wildman–Crippen LogP) is 2.28. The van der Waals surface area contributed by atoms with Crippen LogP contribution in [0.4, 0.5) is 0 Å². The summed E-state index contributed by atoms with van der Waals surface area (Å²) in [6, 6.07) is 13.5. The van der Waals surface area contributed by atoms with Crippen molar-refractivity contribution < 1.29 is 19.8 Å². The van der Waals surface area contributed by atoms with Gasteiger partial charge in [0.25, 0.3) is 0 Å². The van der Waals surface area contributed by atoms with Crippen molar-refractivity contribution in [3.8, 4) is 0 Å². The van der Waals surface area contributed by atoms with Crippen LogP contribution >= 0.6 is 0 Å². The fourth-order valence-electron chi connectivity index (χ4n) is 3.40. The molecule has 0 spiro atoms. The quantitative estimate of drug-likeness (QED) is 0.786. The zero-order chi connectivity index (χ0) is 16.6. The minimum Gasteiger partial charge on any atom is -0.481 e. The molecule has 0 heterocycles. The SMILES string of the molecule is NC(Cc1cccc2ccccc12)(C(=O)O)[C@H]1C[C@@H](C(=O)O)C1. The number of rotatable bonds is 5. The number of hydrogen-bond acceptors (Lipinski definition) is 3. The molecule has 2 aromatic carbocycles. The monoisotopic (exact) mass is 313 g/mol. The molecule has 0 amide bonds. The average Bonchev–Trinajstić information content (AvgIpc) is 2.45. The number of carbonyl (C=O) groups is 2. The van der Waals surface area contributed by atoms with Crippen molar-refractivity contribution in [2.45, 2.75) is 24.8 Å². The van der Waals surface area contributed by atoms with Gasteiger partial charge in [-0.1, -0.05) is 42.5 Å². The van der Waals surface area contributed by atoms with Crippen molar-refractivity contribution in [1.82, 2.24) is 0 Å². The van der Waals surface area contributed by atoms with E-state index >= 15 is 0 Å². The third-order valence-corrected chi connectivity index (χ3v) is 4.98. The predicted molar refractivity (Wildman–Crippen MR) is 86.1 cm³/mol. The molecule has 1 atom stereocenters. The van der Waals surface area contributed by atoms with Crippen LogP contribution in [-0.2, 0) is 16.0 Å². The van der Waals surface area contributed by atoms with Gasteiger partial charge in [-0.3, -0.25) is 9.59 Å². The smallest absolute Gasteiger partial charge is 0.324 e. The van der Waals surface area contributed by atoms with Gasteiger partial charge in [0.2, 0.25) is 0 Å². The summed E-state index contributed by atoms with van der Waals surface area (Å²) in [5.74, 6) is -2.74. The molecule has 3 rings (SSSR count). The van der Waals surface area contributed by atoms with Crippen molar-refractivity contribution in [2.75, 3.05) is 0 Å². The Balaban J connectivity index is 1.91. The molecule has 2 aromatic rings. The second-order valence-electron chi connectivity index (χ2n) is 6.36. The number of carboxylic acids is 2. The topological polar surface area (TPSA) is 101 Å². The maximum atomic E-state index is 11.8. The second-order valence-corrected chi connectivity index (χ2v) is 6.36. The minimum absolute atomic E-state index is 0.195. The lowest BCUT2D eigenvalue weighted by atomic mass is 9.63. The molecule has 1 saturated carbocycles. The molecule has 23 heavy (non-hydrogen) atoms. The molecule has 0 bridgehead atoms. The largest absolute Gasteiger partial charge is 0.481 e. The maximum absolute atomic E-state index is 11.8. The Hall–Kier alpha value is -2.40. The standard InChI is InChI=1S/C18H19NO4/c19-18(17(22)23,14-8-13(9-14)16(20)21)10-12-6-3-5-11-4-1-2-7-15(11)12/h1-7,13-14H,8-10,19H2,(H,20,21)(H,22,23)/t13-,14+,18?. The van der Waals surface area contributed by atoms with Crippen LogP contribution in [0.2, 0.25) is 0 Å². The van der Waals surface area contributed by atoms with E-state index < -0.39 is 23.4 Å². The third kappa shape index (κ3) is 2.68. The Bertz CT molecular complexity index is 761. The van der Waals surface area contributed by atoms with Crippen LogP contribution in [0.1, 0.15) is 18.4 Å². The molecule has 4 N–H and O–H groups in total.